The van der Waals surface area contributed by atoms with Gasteiger partial charge in [-0.25, -0.2) is 0 Å². The third-order valence-corrected chi connectivity index (χ3v) is 4.34. The van der Waals surface area contributed by atoms with Gasteiger partial charge in [0.15, 0.2) is 0 Å². The quantitative estimate of drug-likeness (QED) is 0.562. The average Bonchev–Trinajstić information content (AvgIpc) is 3.05. The summed E-state index contributed by atoms with van der Waals surface area (Å²) in [5.74, 6) is -0.115. The fraction of sp³-hybridized carbons (Fsp3) is 0.238. The van der Waals surface area contributed by atoms with Crippen LogP contribution in [0.5, 0.6) is 5.75 Å². The molecule has 0 spiro atoms. The van der Waals surface area contributed by atoms with E-state index >= 15 is 0 Å². The predicted molar refractivity (Wildman–Crippen MR) is 106 cm³/mol. The molecule has 1 aromatic heterocycles. The second-order valence-corrected chi connectivity index (χ2v) is 6.39. The molecule has 2 amide bonds. The lowest BCUT2D eigenvalue weighted by Crippen LogP contribution is -2.29. The Hall–Kier alpha value is -3.28. The Morgan fingerprint density at radius 3 is 2.74 bits per heavy atom. The molecule has 140 valence electrons. The maximum atomic E-state index is 12.1. The van der Waals surface area contributed by atoms with Crippen LogP contribution in [0.15, 0.2) is 48.7 Å². The van der Waals surface area contributed by atoms with E-state index in [4.69, 9.17) is 4.74 Å². The number of hydrogen-bond acceptors (Lipinski definition) is 3. The number of fused-ring (bicyclic) bond motifs is 1. The van der Waals surface area contributed by atoms with Crippen molar-refractivity contribution in [3.63, 3.8) is 0 Å². The summed E-state index contributed by atoms with van der Waals surface area (Å²) in [4.78, 5) is 27.4. The van der Waals surface area contributed by atoms with Gasteiger partial charge in [0.25, 0.3) is 0 Å². The van der Waals surface area contributed by atoms with Gasteiger partial charge in [0.1, 0.15) is 12.2 Å². The number of methoxy groups -OCH3 is 1. The molecule has 0 saturated carbocycles. The number of aromatic amines is 1. The average molecular weight is 365 g/mol. The maximum absolute atomic E-state index is 12.1. The first-order valence-corrected chi connectivity index (χ1v) is 8.83. The second kappa shape index (κ2) is 8.40. The summed E-state index contributed by atoms with van der Waals surface area (Å²) >= 11 is 0. The minimum Gasteiger partial charge on any atom is -0.495 e. The minimum atomic E-state index is -0.372. The Labute approximate surface area is 157 Å². The van der Waals surface area contributed by atoms with Crippen molar-refractivity contribution in [2.75, 3.05) is 19.0 Å². The summed E-state index contributed by atoms with van der Waals surface area (Å²) in [5, 5.41) is 6.68. The molecule has 0 radical (unpaired) electrons. The number of carbonyl (C=O) groups excluding carboxylic acids is 2. The van der Waals surface area contributed by atoms with E-state index in [-0.39, 0.29) is 18.2 Å². The van der Waals surface area contributed by atoms with Gasteiger partial charge in [0.05, 0.1) is 12.8 Å². The van der Waals surface area contributed by atoms with Crippen molar-refractivity contribution in [1.29, 1.82) is 0 Å². The number of rotatable bonds is 7. The van der Waals surface area contributed by atoms with Crippen LogP contribution in [-0.2, 0) is 16.0 Å². The van der Waals surface area contributed by atoms with Crippen LogP contribution in [0.3, 0.4) is 0 Å². The minimum absolute atomic E-state index is 0.231. The van der Waals surface area contributed by atoms with E-state index in [1.165, 1.54) is 7.11 Å². The summed E-state index contributed by atoms with van der Waals surface area (Å²) in [6.45, 7) is 2.40. The zero-order valence-electron chi connectivity index (χ0n) is 15.5. The van der Waals surface area contributed by atoms with E-state index in [1.54, 1.807) is 6.07 Å². The Balaban J connectivity index is 1.49. The van der Waals surface area contributed by atoms with E-state index in [2.05, 4.69) is 15.6 Å². The molecule has 0 fully saturated rings. The van der Waals surface area contributed by atoms with E-state index in [0.29, 0.717) is 24.4 Å². The number of aromatic nitrogens is 1. The zero-order chi connectivity index (χ0) is 19.2. The molecular weight excluding hydrogens is 342 g/mol. The van der Waals surface area contributed by atoms with Gasteiger partial charge in [0, 0.05) is 23.6 Å². The molecule has 0 bridgehead atoms. The highest BCUT2D eigenvalue weighted by molar-refractivity contribution is 6.04. The molecule has 6 nitrogen and oxygen atoms in total. The largest absolute Gasteiger partial charge is 0.495 e. The molecule has 0 saturated heterocycles. The number of ether oxygens (including phenoxy) is 1. The first kappa shape index (κ1) is 18.5. The zero-order valence-corrected chi connectivity index (χ0v) is 15.5. The maximum Gasteiger partial charge on any atom is 0.233 e. The van der Waals surface area contributed by atoms with Crippen LogP contribution in [0, 0.1) is 6.92 Å². The van der Waals surface area contributed by atoms with Crippen molar-refractivity contribution in [2.45, 2.75) is 19.8 Å². The topological polar surface area (TPSA) is 83.2 Å². The van der Waals surface area contributed by atoms with Gasteiger partial charge in [-0.3, -0.25) is 9.59 Å². The van der Waals surface area contributed by atoms with Crippen molar-refractivity contribution in [1.82, 2.24) is 10.3 Å². The van der Waals surface area contributed by atoms with Gasteiger partial charge in [0.2, 0.25) is 11.8 Å². The molecule has 1 heterocycles. The van der Waals surface area contributed by atoms with Crippen LogP contribution in [0.1, 0.15) is 17.5 Å². The molecule has 3 rings (SSSR count). The predicted octanol–water partition coefficient (Wildman–Crippen LogP) is 3.17. The van der Waals surface area contributed by atoms with Crippen molar-refractivity contribution in [2.24, 2.45) is 0 Å². The van der Waals surface area contributed by atoms with E-state index in [1.807, 2.05) is 49.5 Å². The van der Waals surface area contributed by atoms with Crippen LogP contribution in [0.2, 0.25) is 0 Å². The number of hydrogen-bond donors (Lipinski definition) is 3. The first-order valence-electron chi connectivity index (χ1n) is 8.83. The highest BCUT2D eigenvalue weighted by Gasteiger charge is 2.12. The molecule has 27 heavy (non-hydrogen) atoms. The molecule has 3 aromatic rings. The molecule has 0 aliphatic rings. The molecule has 2 aromatic carbocycles. The number of para-hydroxylation sites is 1. The molecule has 0 unspecified atom stereocenters. The Kier molecular flexibility index (Phi) is 5.76. The SMILES string of the molecule is COc1ccc(C)cc1NC(=O)CC(=O)NCCc1c[nH]c2ccccc12. The molecule has 0 aliphatic heterocycles. The summed E-state index contributed by atoms with van der Waals surface area (Å²) in [6.07, 6.45) is 2.42. The standard InChI is InChI=1S/C21H23N3O3/c1-14-7-8-19(27-2)18(11-14)24-21(26)12-20(25)22-10-9-15-13-23-17-6-4-3-5-16(15)17/h3-8,11,13,23H,9-10,12H2,1-2H3,(H,22,25)(H,24,26). The van der Waals surface area contributed by atoms with Gasteiger partial charge >= 0.3 is 0 Å². The van der Waals surface area contributed by atoms with Gasteiger partial charge in [-0.1, -0.05) is 24.3 Å². The van der Waals surface area contributed by atoms with Gasteiger partial charge in [-0.05, 0) is 42.7 Å². The van der Waals surface area contributed by atoms with Crippen molar-refractivity contribution in [3.05, 3.63) is 59.8 Å². The number of carbonyl (C=O) groups is 2. The van der Waals surface area contributed by atoms with E-state index in [9.17, 15) is 9.59 Å². The number of H-pyrrole nitrogens is 1. The van der Waals surface area contributed by atoms with Gasteiger partial charge in [-0.15, -0.1) is 0 Å². The molecule has 0 aliphatic carbocycles. The summed E-state index contributed by atoms with van der Waals surface area (Å²) < 4.78 is 5.23. The lowest BCUT2D eigenvalue weighted by atomic mass is 10.1. The normalized spacial score (nSPS) is 10.6. The van der Waals surface area contributed by atoms with Crippen molar-refractivity contribution in [3.8, 4) is 5.75 Å². The smallest absolute Gasteiger partial charge is 0.233 e. The molecule has 0 atom stereocenters. The second-order valence-electron chi connectivity index (χ2n) is 6.39. The third-order valence-electron chi connectivity index (χ3n) is 4.34. The lowest BCUT2D eigenvalue weighted by molar-refractivity contribution is -0.126. The lowest BCUT2D eigenvalue weighted by Gasteiger charge is -2.11. The highest BCUT2D eigenvalue weighted by atomic mass is 16.5. The summed E-state index contributed by atoms with van der Waals surface area (Å²) in [7, 11) is 1.54. The third kappa shape index (κ3) is 4.67. The highest BCUT2D eigenvalue weighted by Crippen LogP contribution is 2.25. The van der Waals surface area contributed by atoms with E-state index < -0.39 is 0 Å². The number of nitrogens with one attached hydrogen (secondary N) is 3. The van der Waals surface area contributed by atoms with Crippen LogP contribution in [0.25, 0.3) is 10.9 Å². The Bertz CT molecular complexity index is 962. The fourth-order valence-corrected chi connectivity index (χ4v) is 3.00. The van der Waals surface area contributed by atoms with Gasteiger partial charge < -0.3 is 20.4 Å². The number of amides is 2. The van der Waals surface area contributed by atoms with Crippen LogP contribution in [-0.4, -0.2) is 30.5 Å². The van der Waals surface area contributed by atoms with Crippen molar-refractivity contribution >= 4 is 28.4 Å². The summed E-state index contributed by atoms with van der Waals surface area (Å²) in [6, 6.07) is 13.5. The van der Waals surface area contributed by atoms with Crippen LogP contribution in [0.4, 0.5) is 5.69 Å². The molecule has 6 heteroatoms. The van der Waals surface area contributed by atoms with Crippen LogP contribution >= 0.6 is 0 Å². The van der Waals surface area contributed by atoms with Gasteiger partial charge in [-0.2, -0.15) is 0 Å². The fourth-order valence-electron chi connectivity index (χ4n) is 3.00. The Morgan fingerprint density at radius 1 is 1.11 bits per heavy atom. The number of aryl methyl sites for hydroxylation is 1. The molecule has 3 N–H and O–H groups in total. The molecular formula is C21H23N3O3. The Morgan fingerprint density at radius 2 is 1.93 bits per heavy atom. The number of benzene rings is 2. The van der Waals surface area contributed by atoms with Crippen LogP contribution < -0.4 is 15.4 Å². The summed E-state index contributed by atoms with van der Waals surface area (Å²) in [5.41, 5.74) is 3.77. The first-order chi connectivity index (χ1) is 13.1. The van der Waals surface area contributed by atoms with E-state index in [0.717, 1.165) is 22.0 Å². The monoisotopic (exact) mass is 365 g/mol. The van der Waals surface area contributed by atoms with Crippen molar-refractivity contribution < 1.29 is 14.3 Å². The number of anilines is 1.